The molecule has 2 aromatic rings. The van der Waals surface area contributed by atoms with Crippen LogP contribution in [0.25, 0.3) is 11.0 Å². The van der Waals surface area contributed by atoms with E-state index in [9.17, 15) is 9.59 Å². The van der Waals surface area contributed by atoms with Gasteiger partial charge in [-0.2, -0.15) is 0 Å². The molecular weight excluding hydrogens is 194 g/mol. The van der Waals surface area contributed by atoms with Gasteiger partial charge >= 0.3 is 0 Å². The Morgan fingerprint density at radius 2 is 2.07 bits per heavy atom. The van der Waals surface area contributed by atoms with Crippen LogP contribution >= 0.6 is 0 Å². The van der Waals surface area contributed by atoms with Crippen molar-refractivity contribution in [2.24, 2.45) is 0 Å². The third kappa shape index (κ3) is 1.03. The summed E-state index contributed by atoms with van der Waals surface area (Å²) in [5.41, 5.74) is 0.952. The largest absolute Gasteiger partial charge is 0.287 e. The summed E-state index contributed by atoms with van der Waals surface area (Å²) in [7, 11) is 0. The number of imide groups is 1. The van der Waals surface area contributed by atoms with Crippen LogP contribution in [0, 0.1) is 0 Å². The number of amides is 2. The number of rotatable bonds is 0. The topological polar surface area (TPSA) is 72.0 Å². The standard InChI is InChI=1S/C10H5N3O2/c14-9-6-4-5-2-1-3-11-8(5)12-7(6)10(15)13-9/h1-4H,(H,13,14,15). The Morgan fingerprint density at radius 3 is 2.93 bits per heavy atom. The Labute approximate surface area is 84.1 Å². The van der Waals surface area contributed by atoms with Crippen molar-refractivity contribution in [3.8, 4) is 0 Å². The van der Waals surface area contributed by atoms with E-state index < -0.39 is 11.8 Å². The third-order valence-corrected chi connectivity index (χ3v) is 2.28. The van der Waals surface area contributed by atoms with Crippen LogP contribution in [0.1, 0.15) is 20.8 Å². The second-order valence-corrected chi connectivity index (χ2v) is 3.22. The highest BCUT2D eigenvalue weighted by Gasteiger charge is 2.28. The molecule has 5 nitrogen and oxygen atoms in total. The van der Waals surface area contributed by atoms with Gasteiger partial charge in [0.25, 0.3) is 11.8 Å². The highest BCUT2D eigenvalue weighted by atomic mass is 16.2. The fourth-order valence-electron chi connectivity index (χ4n) is 1.58. The normalized spacial score (nSPS) is 14.1. The summed E-state index contributed by atoms with van der Waals surface area (Å²) >= 11 is 0. The maximum Gasteiger partial charge on any atom is 0.277 e. The van der Waals surface area contributed by atoms with Crippen LogP contribution in [0.4, 0.5) is 0 Å². The molecule has 0 aliphatic carbocycles. The van der Waals surface area contributed by atoms with Crippen LogP contribution in [0.2, 0.25) is 0 Å². The molecule has 0 unspecified atom stereocenters. The second kappa shape index (κ2) is 2.60. The average Bonchev–Trinajstić information content (AvgIpc) is 2.52. The molecule has 0 aromatic carbocycles. The Kier molecular flexibility index (Phi) is 1.39. The van der Waals surface area contributed by atoms with Gasteiger partial charge < -0.3 is 0 Å². The van der Waals surface area contributed by atoms with Crippen molar-refractivity contribution in [3.63, 3.8) is 0 Å². The minimum Gasteiger partial charge on any atom is -0.287 e. The Hall–Kier alpha value is -2.30. The molecule has 3 rings (SSSR count). The molecule has 72 valence electrons. The van der Waals surface area contributed by atoms with Crippen LogP contribution in [0.15, 0.2) is 24.4 Å². The van der Waals surface area contributed by atoms with Gasteiger partial charge in [-0.1, -0.05) is 0 Å². The van der Waals surface area contributed by atoms with Crippen molar-refractivity contribution in [2.75, 3.05) is 0 Å². The van der Waals surface area contributed by atoms with Gasteiger partial charge in [-0.05, 0) is 18.2 Å². The maximum atomic E-state index is 11.3. The van der Waals surface area contributed by atoms with Crippen LogP contribution < -0.4 is 5.32 Å². The van der Waals surface area contributed by atoms with E-state index in [4.69, 9.17) is 0 Å². The molecular formula is C10H5N3O2. The van der Waals surface area contributed by atoms with E-state index in [1.165, 1.54) is 0 Å². The first-order chi connectivity index (χ1) is 7.25. The zero-order valence-electron chi connectivity index (χ0n) is 7.52. The molecule has 0 bridgehead atoms. The zero-order valence-corrected chi connectivity index (χ0v) is 7.52. The molecule has 0 spiro atoms. The Bertz CT molecular complexity index is 554. The minimum atomic E-state index is -0.456. The summed E-state index contributed by atoms with van der Waals surface area (Å²) in [6.45, 7) is 0. The van der Waals surface area contributed by atoms with Crippen molar-refractivity contribution in [3.05, 3.63) is 35.7 Å². The molecule has 0 radical (unpaired) electrons. The Morgan fingerprint density at radius 1 is 1.20 bits per heavy atom. The summed E-state index contributed by atoms with van der Waals surface area (Å²) in [6.07, 6.45) is 1.59. The van der Waals surface area contributed by atoms with E-state index in [-0.39, 0.29) is 5.69 Å². The summed E-state index contributed by atoms with van der Waals surface area (Å²) in [4.78, 5) is 30.7. The van der Waals surface area contributed by atoms with E-state index in [1.54, 1.807) is 24.4 Å². The fourth-order valence-corrected chi connectivity index (χ4v) is 1.58. The molecule has 5 heteroatoms. The van der Waals surface area contributed by atoms with Gasteiger partial charge in [0.05, 0.1) is 5.56 Å². The first-order valence-corrected chi connectivity index (χ1v) is 4.37. The van der Waals surface area contributed by atoms with Gasteiger partial charge in [0, 0.05) is 11.6 Å². The zero-order chi connectivity index (χ0) is 10.4. The van der Waals surface area contributed by atoms with E-state index in [2.05, 4.69) is 15.3 Å². The molecule has 1 aliphatic rings. The molecule has 15 heavy (non-hydrogen) atoms. The van der Waals surface area contributed by atoms with Gasteiger partial charge in [-0.3, -0.25) is 14.9 Å². The average molecular weight is 199 g/mol. The van der Waals surface area contributed by atoms with Gasteiger partial charge in [0.1, 0.15) is 5.69 Å². The minimum absolute atomic E-state index is 0.159. The second-order valence-electron chi connectivity index (χ2n) is 3.22. The summed E-state index contributed by atoms with van der Waals surface area (Å²) < 4.78 is 0. The number of carbonyl (C=O) groups is 2. The lowest BCUT2D eigenvalue weighted by Crippen LogP contribution is -2.20. The van der Waals surface area contributed by atoms with Crippen LogP contribution in [0.3, 0.4) is 0 Å². The molecule has 0 saturated heterocycles. The summed E-state index contributed by atoms with van der Waals surface area (Å²) in [5.74, 6) is -0.851. The molecule has 3 heterocycles. The maximum absolute atomic E-state index is 11.3. The van der Waals surface area contributed by atoms with Gasteiger partial charge in [0.2, 0.25) is 0 Å². The SMILES string of the molecule is O=C1NC(=O)c2nc3ncccc3cc21. The lowest BCUT2D eigenvalue weighted by atomic mass is 10.1. The van der Waals surface area contributed by atoms with Crippen molar-refractivity contribution in [1.82, 2.24) is 15.3 Å². The number of nitrogens with zero attached hydrogens (tertiary/aromatic N) is 2. The third-order valence-electron chi connectivity index (χ3n) is 2.28. The number of carbonyl (C=O) groups excluding carboxylic acids is 2. The first kappa shape index (κ1) is 8.05. The molecule has 1 N–H and O–H groups in total. The van der Waals surface area contributed by atoms with Crippen LogP contribution in [-0.2, 0) is 0 Å². The first-order valence-electron chi connectivity index (χ1n) is 4.37. The molecule has 0 saturated carbocycles. The van der Waals surface area contributed by atoms with Gasteiger partial charge in [0.15, 0.2) is 5.65 Å². The van der Waals surface area contributed by atoms with E-state index in [0.29, 0.717) is 11.2 Å². The van der Waals surface area contributed by atoms with Crippen molar-refractivity contribution in [2.45, 2.75) is 0 Å². The summed E-state index contributed by atoms with van der Waals surface area (Å²) in [6, 6.07) is 5.18. The molecule has 0 fully saturated rings. The number of pyridine rings is 2. The van der Waals surface area contributed by atoms with Crippen molar-refractivity contribution < 1.29 is 9.59 Å². The van der Waals surface area contributed by atoms with E-state index >= 15 is 0 Å². The van der Waals surface area contributed by atoms with E-state index in [1.807, 2.05) is 0 Å². The van der Waals surface area contributed by atoms with Crippen molar-refractivity contribution >= 4 is 22.8 Å². The quantitative estimate of drug-likeness (QED) is 0.627. The number of nitrogens with one attached hydrogen (secondary N) is 1. The number of hydrogen-bond donors (Lipinski definition) is 1. The monoisotopic (exact) mass is 199 g/mol. The highest BCUT2D eigenvalue weighted by Crippen LogP contribution is 2.18. The number of aromatic nitrogens is 2. The lowest BCUT2D eigenvalue weighted by Gasteiger charge is -1.97. The van der Waals surface area contributed by atoms with Gasteiger partial charge in [-0.25, -0.2) is 9.97 Å². The molecule has 0 atom stereocenters. The number of fused-ring (bicyclic) bond motifs is 2. The molecule has 2 amide bonds. The molecule has 2 aromatic heterocycles. The Balaban J connectivity index is 2.41. The lowest BCUT2D eigenvalue weighted by molar-refractivity contribution is 0.0878. The van der Waals surface area contributed by atoms with E-state index in [0.717, 1.165) is 5.39 Å². The number of hydrogen-bond acceptors (Lipinski definition) is 4. The predicted octanol–water partition coefficient (Wildman–Crippen LogP) is 0.513. The van der Waals surface area contributed by atoms with Crippen LogP contribution in [0.5, 0.6) is 0 Å². The molecule has 1 aliphatic heterocycles. The highest BCUT2D eigenvalue weighted by molar-refractivity contribution is 6.21. The van der Waals surface area contributed by atoms with Crippen molar-refractivity contribution in [1.29, 1.82) is 0 Å². The fraction of sp³-hybridized carbons (Fsp3) is 0. The predicted molar refractivity (Wildman–Crippen MR) is 51.3 cm³/mol. The smallest absolute Gasteiger partial charge is 0.277 e. The van der Waals surface area contributed by atoms with Gasteiger partial charge in [-0.15, -0.1) is 0 Å². The van der Waals surface area contributed by atoms with Crippen LogP contribution in [-0.4, -0.2) is 21.8 Å². The summed E-state index contributed by atoms with van der Waals surface area (Å²) in [5, 5.41) is 2.94.